The van der Waals surface area contributed by atoms with Crippen molar-refractivity contribution in [1.82, 2.24) is 19.2 Å². The van der Waals surface area contributed by atoms with E-state index in [1.807, 2.05) is 38.2 Å². The molecule has 5 aromatic rings. The predicted octanol–water partition coefficient (Wildman–Crippen LogP) is 5.31. The van der Waals surface area contributed by atoms with E-state index in [0.717, 1.165) is 16.8 Å². The quantitative estimate of drug-likeness (QED) is 0.405. The molecule has 3 aromatic heterocycles. The molecular weight excluding hydrogens is 429 g/mol. The third-order valence-corrected chi connectivity index (χ3v) is 5.70. The van der Waals surface area contributed by atoms with E-state index < -0.39 is 5.82 Å². The van der Waals surface area contributed by atoms with Crippen LogP contribution in [0, 0.1) is 12.7 Å². The van der Waals surface area contributed by atoms with Crippen molar-refractivity contribution in [3.05, 3.63) is 99.6 Å². The van der Waals surface area contributed by atoms with Gasteiger partial charge in [-0.25, -0.2) is 13.9 Å². The Morgan fingerprint density at radius 1 is 1.12 bits per heavy atom. The van der Waals surface area contributed by atoms with Gasteiger partial charge in [0, 0.05) is 5.69 Å². The van der Waals surface area contributed by atoms with E-state index in [9.17, 15) is 9.18 Å². The summed E-state index contributed by atoms with van der Waals surface area (Å²) in [6, 6.07) is 14.7. The van der Waals surface area contributed by atoms with E-state index in [1.54, 1.807) is 35.0 Å². The number of nitrogens with one attached hydrogen (secondary N) is 1. The molecule has 0 aliphatic carbocycles. The zero-order chi connectivity index (χ0) is 22.4. The summed E-state index contributed by atoms with van der Waals surface area (Å²) in [7, 11) is 0. The minimum Gasteiger partial charge on any atom is -0.374 e. The first-order valence-electron chi connectivity index (χ1n) is 10.1. The van der Waals surface area contributed by atoms with Crippen LogP contribution in [0.5, 0.6) is 0 Å². The topological polar surface area (TPSA) is 64.2 Å². The van der Waals surface area contributed by atoms with Gasteiger partial charge >= 0.3 is 0 Å². The number of halogens is 2. The molecule has 0 spiro atoms. The van der Waals surface area contributed by atoms with Gasteiger partial charge in [-0.15, -0.1) is 0 Å². The summed E-state index contributed by atoms with van der Waals surface area (Å²) in [5.41, 5.74) is 3.08. The van der Waals surface area contributed by atoms with Gasteiger partial charge in [-0.1, -0.05) is 29.8 Å². The maximum atomic E-state index is 14.1. The lowest BCUT2D eigenvalue weighted by molar-refractivity contribution is 0.625. The van der Waals surface area contributed by atoms with Gasteiger partial charge in [-0.05, 0) is 55.6 Å². The van der Waals surface area contributed by atoms with Crippen LogP contribution < -0.4 is 10.9 Å². The molecule has 160 valence electrons. The van der Waals surface area contributed by atoms with Crippen LogP contribution >= 0.6 is 11.6 Å². The van der Waals surface area contributed by atoms with E-state index in [4.69, 9.17) is 11.6 Å². The van der Waals surface area contributed by atoms with Crippen molar-refractivity contribution in [3.8, 4) is 5.69 Å². The van der Waals surface area contributed by atoms with Crippen molar-refractivity contribution in [1.29, 1.82) is 0 Å². The fraction of sp³-hybridized carbons (Fsp3) is 0.125. The van der Waals surface area contributed by atoms with Crippen molar-refractivity contribution in [3.63, 3.8) is 0 Å². The summed E-state index contributed by atoms with van der Waals surface area (Å²) >= 11 is 6.36. The third kappa shape index (κ3) is 3.40. The second kappa shape index (κ2) is 7.76. The lowest BCUT2D eigenvalue weighted by Crippen LogP contribution is -2.26. The monoisotopic (exact) mass is 447 g/mol. The van der Waals surface area contributed by atoms with Gasteiger partial charge in [0.15, 0.2) is 5.65 Å². The molecule has 0 saturated heterocycles. The molecule has 0 unspecified atom stereocenters. The lowest BCUT2D eigenvalue weighted by Gasteiger charge is -2.22. The molecule has 0 amide bonds. The largest absolute Gasteiger partial charge is 0.374 e. The van der Waals surface area contributed by atoms with Crippen LogP contribution in [0.15, 0.2) is 71.8 Å². The number of imidazole rings is 1. The Morgan fingerprint density at radius 2 is 1.94 bits per heavy atom. The van der Waals surface area contributed by atoms with E-state index >= 15 is 0 Å². The van der Waals surface area contributed by atoms with Crippen molar-refractivity contribution in [2.45, 2.75) is 19.9 Å². The number of hydrogen-bond acceptors (Lipinski definition) is 4. The number of nitrogens with zero attached hydrogens (tertiary/aromatic N) is 4. The SMILES string of the molecule is Cc1cn2nccc(N[C@@H](C)c3cc4cccc(Cl)c4c(=O)n3-c3cccc(F)c3)c2n1. The number of anilines is 1. The fourth-order valence-corrected chi connectivity index (χ4v) is 4.23. The second-order valence-corrected chi connectivity index (χ2v) is 8.06. The zero-order valence-corrected chi connectivity index (χ0v) is 18.1. The molecule has 0 aliphatic heterocycles. The molecule has 5 rings (SSSR count). The average Bonchev–Trinajstić information content (AvgIpc) is 3.14. The maximum Gasteiger partial charge on any atom is 0.264 e. The molecule has 32 heavy (non-hydrogen) atoms. The van der Waals surface area contributed by atoms with Crippen LogP contribution in [0.3, 0.4) is 0 Å². The predicted molar refractivity (Wildman–Crippen MR) is 124 cm³/mol. The van der Waals surface area contributed by atoms with Gasteiger partial charge in [0.2, 0.25) is 0 Å². The summed E-state index contributed by atoms with van der Waals surface area (Å²) in [5, 5.41) is 9.19. The molecule has 0 radical (unpaired) electrons. The number of fused-ring (bicyclic) bond motifs is 2. The highest BCUT2D eigenvalue weighted by atomic mass is 35.5. The number of hydrogen-bond donors (Lipinski definition) is 1. The third-order valence-electron chi connectivity index (χ3n) is 5.39. The molecule has 1 atom stereocenters. The molecule has 0 aliphatic rings. The minimum atomic E-state index is -0.427. The van der Waals surface area contributed by atoms with E-state index in [1.165, 1.54) is 16.7 Å². The zero-order valence-electron chi connectivity index (χ0n) is 17.4. The van der Waals surface area contributed by atoms with Gasteiger partial charge < -0.3 is 5.32 Å². The molecule has 0 saturated carbocycles. The Balaban J connectivity index is 1.71. The first-order chi connectivity index (χ1) is 15.4. The van der Waals surface area contributed by atoms with Crippen molar-refractivity contribution < 1.29 is 4.39 Å². The van der Waals surface area contributed by atoms with Gasteiger partial charge in [0.1, 0.15) is 5.82 Å². The Kier molecular flexibility index (Phi) is 4.90. The van der Waals surface area contributed by atoms with E-state index in [0.29, 0.717) is 27.4 Å². The Labute approximate surface area is 187 Å². The molecule has 0 fully saturated rings. The smallest absolute Gasteiger partial charge is 0.264 e. The molecule has 2 aromatic carbocycles. The molecular formula is C24H19ClFN5O. The highest BCUT2D eigenvalue weighted by molar-refractivity contribution is 6.35. The van der Waals surface area contributed by atoms with Crippen LogP contribution in [-0.4, -0.2) is 19.2 Å². The molecule has 3 heterocycles. The number of rotatable bonds is 4. The Bertz CT molecular complexity index is 1540. The number of pyridine rings is 1. The van der Waals surface area contributed by atoms with Crippen LogP contribution in [0.25, 0.3) is 22.1 Å². The Morgan fingerprint density at radius 3 is 2.75 bits per heavy atom. The average molecular weight is 448 g/mol. The molecule has 0 bridgehead atoms. The van der Waals surface area contributed by atoms with Crippen molar-refractivity contribution in [2.75, 3.05) is 5.32 Å². The second-order valence-electron chi connectivity index (χ2n) is 7.66. The summed E-state index contributed by atoms with van der Waals surface area (Å²) in [6.07, 6.45) is 3.52. The van der Waals surface area contributed by atoms with Crippen LogP contribution in [0.2, 0.25) is 5.02 Å². The highest BCUT2D eigenvalue weighted by Crippen LogP contribution is 2.28. The van der Waals surface area contributed by atoms with Gasteiger partial charge in [0.25, 0.3) is 5.56 Å². The van der Waals surface area contributed by atoms with Crippen LogP contribution in [0.1, 0.15) is 24.4 Å². The molecule has 8 heteroatoms. The van der Waals surface area contributed by atoms with E-state index in [2.05, 4.69) is 15.4 Å². The summed E-state index contributed by atoms with van der Waals surface area (Å²) in [6.45, 7) is 3.84. The first kappa shape index (κ1) is 20.2. The lowest BCUT2D eigenvalue weighted by atomic mass is 10.1. The summed E-state index contributed by atoms with van der Waals surface area (Å²) < 4.78 is 17.3. The maximum absolute atomic E-state index is 14.1. The normalized spacial score (nSPS) is 12.4. The van der Waals surface area contributed by atoms with Crippen molar-refractivity contribution in [2.24, 2.45) is 0 Å². The van der Waals surface area contributed by atoms with Crippen molar-refractivity contribution >= 4 is 33.7 Å². The van der Waals surface area contributed by atoms with Crippen LogP contribution in [-0.2, 0) is 0 Å². The van der Waals surface area contributed by atoms with Gasteiger partial charge in [0.05, 0.1) is 45.9 Å². The number of aryl methyl sites for hydroxylation is 1. The number of aromatic nitrogens is 4. The van der Waals surface area contributed by atoms with Crippen LogP contribution in [0.4, 0.5) is 10.1 Å². The molecule has 1 N–H and O–H groups in total. The van der Waals surface area contributed by atoms with Gasteiger partial charge in [-0.2, -0.15) is 5.10 Å². The standard InChI is InChI=1S/C24H19ClFN5O/c1-14-13-30-23(28-14)20(9-10-27-30)29-15(2)21-11-16-5-3-8-19(25)22(16)24(32)31(21)18-7-4-6-17(26)12-18/h3-13,15,29H,1-2H3/t15-/m0/s1. The Hall–Kier alpha value is -3.71. The fourth-order valence-electron chi connectivity index (χ4n) is 3.97. The highest BCUT2D eigenvalue weighted by Gasteiger charge is 2.19. The molecule has 6 nitrogen and oxygen atoms in total. The summed E-state index contributed by atoms with van der Waals surface area (Å²) in [4.78, 5) is 18.1. The minimum absolute atomic E-state index is 0.307. The van der Waals surface area contributed by atoms with E-state index in [-0.39, 0.29) is 11.6 Å². The summed E-state index contributed by atoms with van der Waals surface area (Å²) in [5.74, 6) is -0.427. The van der Waals surface area contributed by atoms with Gasteiger partial charge in [-0.3, -0.25) is 9.36 Å². The number of benzene rings is 2. The first-order valence-corrected chi connectivity index (χ1v) is 10.5.